The van der Waals surface area contributed by atoms with E-state index in [-0.39, 0.29) is 58.8 Å². The number of anilines is 1. The molecule has 0 unspecified atom stereocenters. The summed E-state index contributed by atoms with van der Waals surface area (Å²) in [7, 11) is 0. The van der Waals surface area contributed by atoms with Crippen LogP contribution in [-0.4, -0.2) is 57.0 Å². The summed E-state index contributed by atoms with van der Waals surface area (Å²) in [6, 6.07) is 3.37. The van der Waals surface area contributed by atoms with Gasteiger partial charge >= 0.3 is 11.9 Å². The molecule has 3 aromatic heterocycles. The summed E-state index contributed by atoms with van der Waals surface area (Å²) in [5.41, 5.74) is 0.529. The molecule has 3 heterocycles. The van der Waals surface area contributed by atoms with Crippen LogP contribution >= 0.6 is 23.1 Å². The van der Waals surface area contributed by atoms with Crippen molar-refractivity contribution in [3.63, 3.8) is 0 Å². The quantitative estimate of drug-likeness (QED) is 0.206. The highest BCUT2D eigenvalue weighted by Crippen LogP contribution is 2.37. The van der Waals surface area contributed by atoms with Crippen LogP contribution in [0.25, 0.3) is 0 Å². The van der Waals surface area contributed by atoms with Gasteiger partial charge in [0.05, 0.1) is 36.8 Å². The maximum absolute atomic E-state index is 13.4. The van der Waals surface area contributed by atoms with Crippen LogP contribution in [0, 0.1) is 6.92 Å². The number of hydrogen-bond acceptors (Lipinski definition) is 11. The second-order valence-electron chi connectivity index (χ2n) is 9.67. The number of rotatable bonds is 12. The Kier molecular flexibility index (Phi) is 10.8. The summed E-state index contributed by atoms with van der Waals surface area (Å²) in [5, 5.41) is 14.5. The van der Waals surface area contributed by atoms with E-state index >= 15 is 0 Å². The summed E-state index contributed by atoms with van der Waals surface area (Å²) in [6.07, 6.45) is 6.61. The first-order valence-electron chi connectivity index (χ1n) is 14.0. The predicted octanol–water partition coefficient (Wildman–Crippen LogP) is 5.15. The fourth-order valence-electron chi connectivity index (χ4n) is 4.74. The first-order valence-corrected chi connectivity index (χ1v) is 15.6. The normalized spacial score (nSPS) is 14.3. The Balaban J connectivity index is 1.53. The Hall–Kier alpha value is -3.65. The van der Waals surface area contributed by atoms with E-state index in [1.807, 2.05) is 4.57 Å². The molecule has 0 radical (unpaired) electrons. The zero-order chi connectivity index (χ0) is 30.2. The van der Waals surface area contributed by atoms with E-state index in [0.717, 1.165) is 43.4 Å². The highest BCUT2D eigenvalue weighted by atomic mass is 32.2. The second kappa shape index (κ2) is 14.5. The smallest absolute Gasteiger partial charge is 0.348 e. The van der Waals surface area contributed by atoms with Crippen molar-refractivity contribution in [3.05, 3.63) is 46.0 Å². The summed E-state index contributed by atoms with van der Waals surface area (Å²) in [5.74, 6) is -1.14. The van der Waals surface area contributed by atoms with Crippen molar-refractivity contribution in [2.75, 3.05) is 18.5 Å². The fraction of sp³-hybridized carbons (Fsp3) is 0.500. The lowest BCUT2D eigenvalue weighted by Gasteiger charge is -2.26. The molecule has 226 valence electrons. The number of nitrogens with zero attached hydrogens (tertiary/aromatic N) is 3. The number of esters is 2. The van der Waals surface area contributed by atoms with Crippen molar-refractivity contribution >= 4 is 51.9 Å². The molecule has 0 saturated heterocycles. The number of furan rings is 1. The zero-order valence-corrected chi connectivity index (χ0v) is 25.7. The molecule has 2 N–H and O–H groups in total. The van der Waals surface area contributed by atoms with Gasteiger partial charge in [0, 0.05) is 6.04 Å². The zero-order valence-electron chi connectivity index (χ0n) is 24.1. The van der Waals surface area contributed by atoms with E-state index in [9.17, 15) is 19.2 Å². The lowest BCUT2D eigenvalue weighted by molar-refractivity contribution is -0.115. The predicted molar refractivity (Wildman–Crippen MR) is 157 cm³/mol. The van der Waals surface area contributed by atoms with E-state index in [1.165, 1.54) is 18.0 Å². The Labute approximate surface area is 251 Å². The van der Waals surface area contributed by atoms with E-state index in [0.29, 0.717) is 16.5 Å². The van der Waals surface area contributed by atoms with Gasteiger partial charge < -0.3 is 29.1 Å². The van der Waals surface area contributed by atoms with Gasteiger partial charge in [-0.15, -0.1) is 21.5 Å². The average molecular weight is 618 g/mol. The van der Waals surface area contributed by atoms with Gasteiger partial charge in [0.2, 0.25) is 5.91 Å². The average Bonchev–Trinajstić information content (AvgIpc) is 3.72. The van der Waals surface area contributed by atoms with E-state index in [1.54, 1.807) is 39.8 Å². The summed E-state index contributed by atoms with van der Waals surface area (Å²) >= 11 is 2.22. The Morgan fingerprint density at radius 1 is 1.12 bits per heavy atom. The molecular formula is C28H35N5O7S2. The molecule has 1 atom stereocenters. The molecule has 14 heteroatoms. The maximum Gasteiger partial charge on any atom is 0.348 e. The van der Waals surface area contributed by atoms with Crippen molar-refractivity contribution in [2.24, 2.45) is 0 Å². The molecule has 42 heavy (non-hydrogen) atoms. The molecule has 1 aliphatic carbocycles. The van der Waals surface area contributed by atoms with Crippen molar-refractivity contribution in [1.29, 1.82) is 0 Å². The van der Waals surface area contributed by atoms with Gasteiger partial charge in [-0.25, -0.2) is 9.59 Å². The van der Waals surface area contributed by atoms with Gasteiger partial charge in [-0.2, -0.15) is 0 Å². The highest BCUT2D eigenvalue weighted by molar-refractivity contribution is 8.00. The minimum Gasteiger partial charge on any atom is -0.462 e. The molecular weight excluding hydrogens is 582 g/mol. The monoisotopic (exact) mass is 617 g/mol. The van der Waals surface area contributed by atoms with Crippen molar-refractivity contribution in [1.82, 2.24) is 20.1 Å². The van der Waals surface area contributed by atoms with Gasteiger partial charge in [-0.05, 0) is 58.2 Å². The molecule has 1 saturated carbocycles. The number of hydrogen-bond donors (Lipinski definition) is 2. The van der Waals surface area contributed by atoms with Crippen LogP contribution in [0.3, 0.4) is 0 Å². The van der Waals surface area contributed by atoms with Gasteiger partial charge in [-0.1, -0.05) is 31.0 Å². The molecule has 1 fully saturated rings. The molecule has 0 spiro atoms. The van der Waals surface area contributed by atoms with Crippen LogP contribution < -0.4 is 10.6 Å². The van der Waals surface area contributed by atoms with Crippen LogP contribution in [0.4, 0.5) is 5.00 Å². The molecule has 4 rings (SSSR count). The summed E-state index contributed by atoms with van der Waals surface area (Å²) in [6.45, 7) is 7.20. The third kappa shape index (κ3) is 7.21. The van der Waals surface area contributed by atoms with Gasteiger partial charge in [0.15, 0.2) is 16.7 Å². The molecule has 0 aliphatic heterocycles. The minimum atomic E-state index is -0.634. The van der Waals surface area contributed by atoms with Crippen LogP contribution in [0.15, 0.2) is 28.0 Å². The Bertz CT molecular complexity index is 1410. The fourth-order valence-corrected chi connectivity index (χ4v) is 6.77. The van der Waals surface area contributed by atoms with Crippen molar-refractivity contribution in [2.45, 2.75) is 82.8 Å². The highest BCUT2D eigenvalue weighted by Gasteiger charge is 2.30. The molecule has 1 aliphatic rings. The number of aromatic nitrogens is 3. The van der Waals surface area contributed by atoms with Crippen LogP contribution in [-0.2, 0) is 20.8 Å². The number of ether oxygens (including phenoxy) is 2. The minimum absolute atomic E-state index is 0.135. The topological polar surface area (TPSA) is 155 Å². The van der Waals surface area contributed by atoms with Crippen LogP contribution in [0.2, 0.25) is 0 Å². The second-order valence-corrected chi connectivity index (χ2v) is 12.0. The molecule has 0 bridgehead atoms. The Morgan fingerprint density at radius 3 is 2.50 bits per heavy atom. The molecule has 3 aromatic rings. The molecule has 0 aromatic carbocycles. The van der Waals surface area contributed by atoms with E-state index < -0.39 is 17.2 Å². The standard InChI is InChI=1S/C28H35N5O7S2/c1-5-38-26(36)21-16(3)22(27(37)39-6-2)42-25(21)30-23(34)17(4)41-28-32-31-20(33(28)18-11-8-7-9-12-18)15-29-24(35)19-13-10-14-40-19/h10,13-14,17-18H,5-9,11-12,15H2,1-4H3,(H,29,35)(H,30,34)/t17-/m1/s1. The first kappa shape index (κ1) is 31.3. The lowest BCUT2D eigenvalue weighted by atomic mass is 9.95. The number of amides is 2. The third-order valence-electron chi connectivity index (χ3n) is 6.80. The molecule has 12 nitrogen and oxygen atoms in total. The van der Waals surface area contributed by atoms with Crippen LogP contribution in [0.5, 0.6) is 0 Å². The Morgan fingerprint density at radius 2 is 1.83 bits per heavy atom. The first-order chi connectivity index (χ1) is 20.2. The maximum atomic E-state index is 13.4. The van der Waals surface area contributed by atoms with E-state index in [2.05, 4.69) is 20.8 Å². The van der Waals surface area contributed by atoms with Gasteiger partial charge in [0.1, 0.15) is 9.88 Å². The van der Waals surface area contributed by atoms with Gasteiger partial charge in [0.25, 0.3) is 5.91 Å². The lowest BCUT2D eigenvalue weighted by Crippen LogP contribution is -2.27. The SMILES string of the molecule is CCOC(=O)c1sc(NC(=O)[C@@H](C)Sc2nnc(CNC(=O)c3ccco3)n2C2CCCCC2)c(C(=O)OCC)c1C. The van der Waals surface area contributed by atoms with E-state index in [4.69, 9.17) is 13.9 Å². The van der Waals surface area contributed by atoms with Crippen molar-refractivity contribution in [3.8, 4) is 0 Å². The van der Waals surface area contributed by atoms with Crippen LogP contribution in [0.1, 0.15) is 101 Å². The number of carbonyl (C=O) groups excluding carboxylic acids is 4. The number of nitrogens with one attached hydrogen (secondary N) is 2. The largest absolute Gasteiger partial charge is 0.462 e. The summed E-state index contributed by atoms with van der Waals surface area (Å²) < 4.78 is 17.5. The van der Waals surface area contributed by atoms with Crippen molar-refractivity contribution < 1.29 is 33.1 Å². The summed E-state index contributed by atoms with van der Waals surface area (Å²) in [4.78, 5) is 51.3. The third-order valence-corrected chi connectivity index (χ3v) is 9.05. The van der Waals surface area contributed by atoms with Gasteiger partial charge in [-0.3, -0.25) is 9.59 Å². The molecule has 2 amide bonds. The number of carbonyl (C=O) groups is 4. The number of thiophene rings is 1. The number of thioether (sulfide) groups is 1.